The Hall–Kier alpha value is -3.65. The van der Waals surface area contributed by atoms with Crippen molar-refractivity contribution in [3.8, 4) is 16.9 Å². The summed E-state index contributed by atoms with van der Waals surface area (Å²) in [6.45, 7) is -0.608. The summed E-state index contributed by atoms with van der Waals surface area (Å²) < 4.78 is 6.61. The second-order valence-electron chi connectivity index (χ2n) is 5.88. The highest BCUT2D eigenvalue weighted by Gasteiger charge is 2.21. The number of nitrogens with one attached hydrogen (secondary N) is 2. The van der Waals surface area contributed by atoms with E-state index in [4.69, 9.17) is 16.3 Å². The van der Waals surface area contributed by atoms with Crippen molar-refractivity contribution < 1.29 is 19.1 Å². The predicted molar refractivity (Wildman–Crippen MR) is 107 cm³/mol. The molecule has 3 amide bonds. The topological polar surface area (TPSA) is 102 Å². The van der Waals surface area contributed by atoms with Crippen LogP contribution in [0.5, 0.6) is 0 Å². The van der Waals surface area contributed by atoms with E-state index in [1.165, 1.54) is 13.2 Å². The number of aromatic nitrogens is 2. The fraction of sp³-hybridized carbons (Fsp3) is 0.100. The minimum Gasteiger partial charge on any atom is -0.452 e. The van der Waals surface area contributed by atoms with Crippen LogP contribution >= 0.6 is 11.6 Å². The minimum atomic E-state index is -0.749. The molecule has 0 bridgehead atoms. The lowest BCUT2D eigenvalue weighted by Crippen LogP contribution is -2.39. The molecule has 1 heterocycles. The minimum absolute atomic E-state index is 0.170. The number of para-hydroxylation sites is 1. The van der Waals surface area contributed by atoms with Gasteiger partial charge in [0.25, 0.3) is 5.91 Å². The Bertz CT molecular complexity index is 1030. The first-order valence-electron chi connectivity index (χ1n) is 8.57. The molecule has 2 N–H and O–H groups in total. The Kier molecular flexibility index (Phi) is 6.25. The van der Waals surface area contributed by atoms with Crippen LogP contribution in [0, 0.1) is 0 Å². The van der Waals surface area contributed by atoms with Crippen molar-refractivity contribution in [1.82, 2.24) is 20.4 Å². The first-order valence-corrected chi connectivity index (χ1v) is 8.95. The SMILES string of the molecule is CNC(=O)NC(=O)COC(=O)c1cn(-c2ccccc2)nc1-c1ccc(Cl)cc1. The summed E-state index contributed by atoms with van der Waals surface area (Å²) in [5.74, 6) is -1.50. The quantitative estimate of drug-likeness (QED) is 0.627. The third kappa shape index (κ3) is 4.99. The van der Waals surface area contributed by atoms with E-state index in [1.54, 1.807) is 28.9 Å². The van der Waals surface area contributed by atoms with Gasteiger partial charge in [0.2, 0.25) is 0 Å². The third-order valence-electron chi connectivity index (χ3n) is 3.89. The number of urea groups is 1. The molecule has 9 heteroatoms. The van der Waals surface area contributed by atoms with Gasteiger partial charge in [-0.25, -0.2) is 14.3 Å². The van der Waals surface area contributed by atoms with Crippen LogP contribution in [0.1, 0.15) is 10.4 Å². The summed E-state index contributed by atoms with van der Waals surface area (Å²) in [4.78, 5) is 35.5. The van der Waals surface area contributed by atoms with Crippen LogP contribution in [0.4, 0.5) is 4.79 Å². The lowest BCUT2D eigenvalue weighted by atomic mass is 10.1. The van der Waals surface area contributed by atoms with Gasteiger partial charge in [-0.3, -0.25) is 10.1 Å². The van der Waals surface area contributed by atoms with Gasteiger partial charge < -0.3 is 10.1 Å². The highest BCUT2D eigenvalue weighted by Crippen LogP contribution is 2.26. The van der Waals surface area contributed by atoms with Crippen molar-refractivity contribution in [3.63, 3.8) is 0 Å². The smallest absolute Gasteiger partial charge is 0.342 e. The first-order chi connectivity index (χ1) is 14.0. The molecule has 0 aliphatic carbocycles. The number of carbonyl (C=O) groups excluding carboxylic acids is 3. The van der Waals surface area contributed by atoms with Crippen molar-refractivity contribution >= 4 is 29.5 Å². The molecular weight excluding hydrogens is 396 g/mol. The Morgan fingerprint density at radius 1 is 1.07 bits per heavy atom. The molecule has 0 atom stereocenters. The zero-order valence-corrected chi connectivity index (χ0v) is 16.1. The van der Waals surface area contributed by atoms with E-state index in [2.05, 4.69) is 10.4 Å². The van der Waals surface area contributed by atoms with Crippen molar-refractivity contribution in [2.24, 2.45) is 0 Å². The summed E-state index contributed by atoms with van der Waals surface area (Å²) in [5, 5.41) is 9.30. The summed E-state index contributed by atoms with van der Waals surface area (Å²) in [6, 6.07) is 15.4. The molecule has 0 fully saturated rings. The fourth-order valence-corrected chi connectivity index (χ4v) is 2.62. The van der Waals surface area contributed by atoms with Crippen LogP contribution in [0.2, 0.25) is 5.02 Å². The van der Waals surface area contributed by atoms with Gasteiger partial charge in [-0.15, -0.1) is 0 Å². The molecule has 0 aliphatic heterocycles. The molecule has 0 unspecified atom stereocenters. The van der Waals surface area contributed by atoms with E-state index < -0.39 is 24.5 Å². The molecule has 0 radical (unpaired) electrons. The highest BCUT2D eigenvalue weighted by molar-refractivity contribution is 6.30. The summed E-state index contributed by atoms with van der Waals surface area (Å²) >= 11 is 5.95. The number of hydrogen-bond donors (Lipinski definition) is 2. The number of imide groups is 1. The number of amides is 3. The average molecular weight is 413 g/mol. The third-order valence-corrected chi connectivity index (χ3v) is 4.14. The van der Waals surface area contributed by atoms with Crippen molar-refractivity contribution in [2.75, 3.05) is 13.7 Å². The first kappa shape index (κ1) is 20.1. The fourth-order valence-electron chi connectivity index (χ4n) is 2.49. The Morgan fingerprint density at radius 3 is 2.41 bits per heavy atom. The van der Waals surface area contributed by atoms with Gasteiger partial charge in [0.1, 0.15) is 11.3 Å². The number of rotatable bonds is 5. The Labute approximate surface area is 171 Å². The maximum Gasteiger partial charge on any atom is 0.342 e. The van der Waals surface area contributed by atoms with E-state index in [1.807, 2.05) is 35.6 Å². The number of halogens is 1. The van der Waals surface area contributed by atoms with Crippen LogP contribution in [0.15, 0.2) is 60.8 Å². The number of esters is 1. The van der Waals surface area contributed by atoms with Gasteiger partial charge >= 0.3 is 12.0 Å². The van der Waals surface area contributed by atoms with Crippen LogP contribution in [-0.4, -0.2) is 41.3 Å². The van der Waals surface area contributed by atoms with Crippen LogP contribution in [0.3, 0.4) is 0 Å². The van der Waals surface area contributed by atoms with Gasteiger partial charge in [0.05, 0.1) is 5.69 Å². The normalized spacial score (nSPS) is 10.3. The maximum atomic E-state index is 12.6. The summed E-state index contributed by atoms with van der Waals surface area (Å²) in [5.41, 5.74) is 1.95. The number of carbonyl (C=O) groups is 3. The number of hydrogen-bond acceptors (Lipinski definition) is 5. The van der Waals surface area contributed by atoms with Crippen molar-refractivity contribution in [2.45, 2.75) is 0 Å². The van der Waals surface area contributed by atoms with Gasteiger partial charge in [0, 0.05) is 23.8 Å². The maximum absolute atomic E-state index is 12.6. The molecule has 29 heavy (non-hydrogen) atoms. The van der Waals surface area contributed by atoms with Gasteiger partial charge in [0.15, 0.2) is 6.61 Å². The molecule has 148 valence electrons. The second-order valence-corrected chi connectivity index (χ2v) is 6.32. The highest BCUT2D eigenvalue weighted by atomic mass is 35.5. The average Bonchev–Trinajstić information content (AvgIpc) is 3.18. The van der Waals surface area contributed by atoms with E-state index >= 15 is 0 Å². The molecule has 3 aromatic rings. The standard InChI is InChI=1S/C20H17ClN4O4/c1-22-20(28)23-17(26)12-29-19(27)16-11-25(15-5-3-2-4-6-15)24-18(16)13-7-9-14(21)10-8-13/h2-11H,12H2,1H3,(H2,22,23,26,28). The van der Waals surface area contributed by atoms with Crippen LogP contribution in [0.25, 0.3) is 16.9 Å². The zero-order chi connectivity index (χ0) is 20.8. The molecule has 0 saturated heterocycles. The second kappa shape index (κ2) is 9.03. The zero-order valence-electron chi connectivity index (χ0n) is 15.4. The van der Waals surface area contributed by atoms with Crippen molar-refractivity contribution in [1.29, 1.82) is 0 Å². The van der Waals surface area contributed by atoms with E-state index in [0.717, 1.165) is 5.69 Å². The lowest BCUT2D eigenvalue weighted by molar-refractivity contribution is -0.123. The van der Waals surface area contributed by atoms with E-state index in [-0.39, 0.29) is 5.56 Å². The molecule has 8 nitrogen and oxygen atoms in total. The molecule has 0 spiro atoms. The molecule has 0 aliphatic rings. The molecule has 1 aromatic heterocycles. The summed E-state index contributed by atoms with van der Waals surface area (Å²) in [6.07, 6.45) is 1.53. The lowest BCUT2D eigenvalue weighted by Gasteiger charge is -2.05. The Balaban J connectivity index is 1.88. The molecule has 2 aromatic carbocycles. The van der Waals surface area contributed by atoms with Crippen LogP contribution in [-0.2, 0) is 9.53 Å². The molecule has 0 saturated carbocycles. The molecular formula is C20H17ClN4O4. The number of nitrogens with zero attached hydrogens (tertiary/aromatic N) is 2. The van der Waals surface area contributed by atoms with E-state index in [9.17, 15) is 14.4 Å². The predicted octanol–water partition coefficient (Wildman–Crippen LogP) is 2.81. The Morgan fingerprint density at radius 2 is 1.76 bits per heavy atom. The van der Waals surface area contributed by atoms with Gasteiger partial charge in [-0.05, 0) is 24.3 Å². The molecule has 3 rings (SSSR count). The van der Waals surface area contributed by atoms with Gasteiger partial charge in [-0.1, -0.05) is 41.9 Å². The van der Waals surface area contributed by atoms with Crippen molar-refractivity contribution in [3.05, 3.63) is 71.4 Å². The van der Waals surface area contributed by atoms with Crippen LogP contribution < -0.4 is 10.6 Å². The number of benzene rings is 2. The summed E-state index contributed by atoms with van der Waals surface area (Å²) in [7, 11) is 1.37. The number of ether oxygens (including phenoxy) is 1. The van der Waals surface area contributed by atoms with Gasteiger partial charge in [-0.2, -0.15) is 5.10 Å². The largest absolute Gasteiger partial charge is 0.452 e. The monoisotopic (exact) mass is 412 g/mol. The van der Waals surface area contributed by atoms with E-state index in [0.29, 0.717) is 16.3 Å².